The molecule has 0 fully saturated rings. The van der Waals surface area contributed by atoms with Crippen LogP contribution in [0.4, 0.5) is 17.6 Å². The smallest absolute Gasteiger partial charge is 0.820 e. The van der Waals surface area contributed by atoms with Crippen LogP contribution in [-0.4, -0.2) is 12.5 Å². The zero-order valence-electron chi connectivity index (χ0n) is 4.00. The maximum atomic E-state index is 10.5. The molecule has 1 nitrogen and oxygen atoms in total. The van der Waals surface area contributed by atoms with Crippen molar-refractivity contribution in [2.75, 3.05) is 0 Å². The predicted octanol–water partition coefficient (Wildman–Crippen LogP) is -2.79. The molecule has 0 aromatic heterocycles. The van der Waals surface area contributed by atoms with Gasteiger partial charge in [-0.2, -0.15) is 13.2 Å². The zero-order chi connectivity index (χ0) is 6.08. The molecule has 0 saturated heterocycles. The van der Waals surface area contributed by atoms with Crippen LogP contribution in [0.5, 0.6) is 0 Å². The van der Waals surface area contributed by atoms with Crippen molar-refractivity contribution in [3.05, 3.63) is 0 Å². The van der Waals surface area contributed by atoms with Crippen molar-refractivity contribution in [3.8, 4) is 0 Å². The third-order valence-electron chi connectivity index (χ3n) is 0.257. The molecule has 0 rings (SSSR count). The first-order valence-corrected chi connectivity index (χ1v) is 1.31. The Labute approximate surface area is 54.9 Å². The fourth-order valence-electron chi connectivity index (χ4n) is 0. The van der Waals surface area contributed by atoms with Gasteiger partial charge in [0.1, 0.15) is 6.36 Å². The summed E-state index contributed by atoms with van der Waals surface area (Å²) in [6, 6.07) is 0. The van der Waals surface area contributed by atoms with Crippen LogP contribution < -0.4 is 24.0 Å². The van der Waals surface area contributed by atoms with Crippen molar-refractivity contribution in [1.82, 2.24) is 0 Å². The first-order valence-electron chi connectivity index (χ1n) is 1.31. The van der Waals surface area contributed by atoms with Crippen molar-refractivity contribution in [2.24, 2.45) is 0 Å². The van der Waals surface area contributed by atoms with Crippen LogP contribution in [0.3, 0.4) is 0 Å². The van der Waals surface area contributed by atoms with E-state index in [0.717, 1.165) is 0 Å². The summed E-state index contributed by atoms with van der Waals surface area (Å²) >= 11 is 0. The molecule has 0 saturated carbocycles. The SMILES string of the molecule is [Li+].[O-]C(F)C(F)(F)F. The molecule has 0 spiro atoms. The largest absolute Gasteiger partial charge is 1.00 e. The summed E-state index contributed by atoms with van der Waals surface area (Å²) in [4.78, 5) is 0. The molecule has 0 aliphatic carbocycles. The summed E-state index contributed by atoms with van der Waals surface area (Å²) < 4.78 is 42.0. The van der Waals surface area contributed by atoms with Crippen molar-refractivity contribution in [1.29, 1.82) is 0 Å². The van der Waals surface area contributed by atoms with Crippen LogP contribution in [0.15, 0.2) is 0 Å². The Morgan fingerprint density at radius 3 is 1.38 bits per heavy atom. The van der Waals surface area contributed by atoms with Gasteiger partial charge in [-0.3, -0.25) is 4.39 Å². The Balaban J connectivity index is 0. The summed E-state index contributed by atoms with van der Waals surface area (Å²) in [5, 5.41) is 8.76. The van der Waals surface area contributed by atoms with E-state index in [1.54, 1.807) is 0 Å². The van der Waals surface area contributed by atoms with E-state index < -0.39 is 12.5 Å². The average molecular weight is 124 g/mol. The van der Waals surface area contributed by atoms with Gasteiger partial charge in [0, 0.05) is 0 Å². The van der Waals surface area contributed by atoms with Crippen LogP contribution in [-0.2, 0) is 0 Å². The Hall–Kier alpha value is 0.277. The molecule has 1 atom stereocenters. The molecule has 0 heterocycles. The van der Waals surface area contributed by atoms with Gasteiger partial charge in [-0.15, -0.1) is 0 Å². The minimum absolute atomic E-state index is 0. The maximum absolute atomic E-state index is 10.5. The summed E-state index contributed by atoms with van der Waals surface area (Å²) in [6.45, 7) is 0. The van der Waals surface area contributed by atoms with Crippen LogP contribution in [0.2, 0.25) is 0 Å². The molecule has 44 valence electrons. The van der Waals surface area contributed by atoms with Crippen LogP contribution in [0, 0.1) is 0 Å². The van der Waals surface area contributed by atoms with E-state index in [2.05, 4.69) is 0 Å². The molecule has 1 unspecified atom stereocenters. The number of hydrogen-bond acceptors (Lipinski definition) is 1. The zero-order valence-corrected chi connectivity index (χ0v) is 4.00. The van der Waals surface area contributed by atoms with E-state index in [4.69, 9.17) is 5.11 Å². The minimum atomic E-state index is -5.22. The molecule has 0 N–H and O–H groups in total. The van der Waals surface area contributed by atoms with Gasteiger partial charge in [0.05, 0.1) is 0 Å². The second-order valence-corrected chi connectivity index (χ2v) is 0.858. The summed E-state index contributed by atoms with van der Waals surface area (Å²) in [7, 11) is 0. The summed E-state index contributed by atoms with van der Waals surface area (Å²) in [5.74, 6) is 0. The fraction of sp³-hybridized carbons (Fsp3) is 1.00. The number of hydrogen-bond donors (Lipinski definition) is 0. The molecule has 8 heavy (non-hydrogen) atoms. The van der Waals surface area contributed by atoms with E-state index in [-0.39, 0.29) is 18.9 Å². The molecule has 0 aliphatic rings. The quantitative estimate of drug-likeness (QED) is 0.253. The van der Waals surface area contributed by atoms with Crippen molar-refractivity contribution >= 4 is 0 Å². The second kappa shape index (κ2) is 3.33. The molecule has 0 aromatic rings. The van der Waals surface area contributed by atoms with Crippen LogP contribution in [0.25, 0.3) is 0 Å². The number of halogens is 4. The monoisotopic (exact) mass is 124 g/mol. The van der Waals surface area contributed by atoms with Gasteiger partial charge in [0.2, 0.25) is 0 Å². The number of alkyl halides is 4. The van der Waals surface area contributed by atoms with E-state index in [1.807, 2.05) is 0 Å². The van der Waals surface area contributed by atoms with Gasteiger partial charge in [0.15, 0.2) is 0 Å². The van der Waals surface area contributed by atoms with Crippen LogP contribution in [0.1, 0.15) is 0 Å². The standard InChI is InChI=1S/C2HF4O.Li/c3-1(7)2(4,5)6;/h1H;/q-1;+1. The Bertz CT molecular complexity index is 59.5. The topological polar surface area (TPSA) is 23.1 Å². The second-order valence-electron chi connectivity index (χ2n) is 0.858. The summed E-state index contributed by atoms with van der Waals surface area (Å²) in [5.41, 5.74) is 0. The predicted molar refractivity (Wildman–Crippen MR) is 11.0 cm³/mol. The van der Waals surface area contributed by atoms with E-state index in [0.29, 0.717) is 0 Å². The third-order valence-corrected chi connectivity index (χ3v) is 0.257. The first kappa shape index (κ1) is 11.1. The van der Waals surface area contributed by atoms with Gasteiger partial charge >= 0.3 is 25.0 Å². The van der Waals surface area contributed by atoms with Crippen molar-refractivity contribution in [2.45, 2.75) is 12.5 Å². The van der Waals surface area contributed by atoms with Crippen molar-refractivity contribution in [3.63, 3.8) is 0 Å². The van der Waals surface area contributed by atoms with E-state index >= 15 is 0 Å². The van der Waals surface area contributed by atoms with E-state index in [1.165, 1.54) is 0 Å². The molecule has 0 aliphatic heterocycles. The van der Waals surface area contributed by atoms with E-state index in [9.17, 15) is 17.6 Å². The van der Waals surface area contributed by atoms with Crippen LogP contribution >= 0.6 is 0 Å². The molecular weight excluding hydrogens is 123 g/mol. The third kappa shape index (κ3) is 4.44. The van der Waals surface area contributed by atoms with Gasteiger partial charge < -0.3 is 5.11 Å². The Morgan fingerprint density at radius 2 is 1.38 bits per heavy atom. The average Bonchev–Trinajstić information content (AvgIpc) is 1.31. The van der Waals surface area contributed by atoms with Gasteiger partial charge in [-0.25, -0.2) is 0 Å². The Morgan fingerprint density at radius 1 is 1.25 bits per heavy atom. The molecule has 0 bridgehead atoms. The van der Waals surface area contributed by atoms with Crippen molar-refractivity contribution < 1.29 is 41.5 Å². The molecular formula is C2HF4LiO. The Kier molecular flexibility index (Phi) is 4.63. The fourth-order valence-corrected chi connectivity index (χ4v) is 0. The first-order chi connectivity index (χ1) is 2.94. The van der Waals surface area contributed by atoms with Gasteiger partial charge in [-0.05, 0) is 0 Å². The minimum Gasteiger partial charge on any atom is -0.820 e. The van der Waals surface area contributed by atoms with Gasteiger partial charge in [0.25, 0.3) is 0 Å². The normalized spacial score (nSPS) is 14.6. The van der Waals surface area contributed by atoms with Gasteiger partial charge in [-0.1, -0.05) is 0 Å². The maximum Gasteiger partial charge on any atom is 1.00 e. The molecule has 0 radical (unpaired) electrons. The molecule has 0 amide bonds. The molecule has 6 heteroatoms. The summed E-state index contributed by atoms with van der Waals surface area (Å²) in [6.07, 6.45) is -9.17. The molecule has 0 aromatic carbocycles. The number of rotatable bonds is 0.